The van der Waals surface area contributed by atoms with E-state index < -0.39 is 6.10 Å². The average molecular weight is 325 g/mol. The quantitative estimate of drug-likeness (QED) is 0.905. The van der Waals surface area contributed by atoms with E-state index in [4.69, 9.17) is 16.3 Å². The minimum atomic E-state index is -0.526. The first kappa shape index (κ1) is 17.1. The van der Waals surface area contributed by atoms with Gasteiger partial charge in [-0.2, -0.15) is 0 Å². The number of likely N-dealkylation sites (tertiary alicyclic amines) is 1. The van der Waals surface area contributed by atoms with Crippen molar-refractivity contribution in [2.24, 2.45) is 0 Å². The molecular weight excluding hydrogens is 300 g/mol. The van der Waals surface area contributed by atoms with E-state index in [2.05, 4.69) is 24.1 Å². The van der Waals surface area contributed by atoms with Crippen LogP contribution in [-0.2, 0) is 4.79 Å². The highest BCUT2D eigenvalue weighted by Crippen LogP contribution is 2.19. The van der Waals surface area contributed by atoms with Crippen LogP contribution in [0.2, 0.25) is 5.02 Å². The number of hydrogen-bond acceptors (Lipinski definition) is 3. The Morgan fingerprint density at radius 1 is 1.32 bits per heavy atom. The van der Waals surface area contributed by atoms with Gasteiger partial charge in [0, 0.05) is 30.2 Å². The van der Waals surface area contributed by atoms with Gasteiger partial charge in [-0.3, -0.25) is 4.79 Å². The lowest BCUT2D eigenvalue weighted by Crippen LogP contribution is -2.49. The summed E-state index contributed by atoms with van der Waals surface area (Å²) in [5, 5.41) is 3.69. The average Bonchev–Trinajstić information content (AvgIpc) is 2.47. The van der Waals surface area contributed by atoms with Crippen LogP contribution in [0.3, 0.4) is 0 Å². The van der Waals surface area contributed by atoms with Crippen molar-refractivity contribution in [3.63, 3.8) is 0 Å². The van der Waals surface area contributed by atoms with Gasteiger partial charge in [-0.25, -0.2) is 0 Å². The highest BCUT2D eigenvalue weighted by Gasteiger charge is 2.24. The molecule has 1 fully saturated rings. The fraction of sp³-hybridized carbons (Fsp3) is 0.588. The van der Waals surface area contributed by atoms with Gasteiger partial charge in [0.2, 0.25) is 0 Å². The minimum absolute atomic E-state index is 0.0667. The molecule has 1 saturated heterocycles. The summed E-state index contributed by atoms with van der Waals surface area (Å²) >= 11 is 5.92. The zero-order valence-electron chi connectivity index (χ0n) is 13.5. The summed E-state index contributed by atoms with van der Waals surface area (Å²) in [6, 6.07) is 7.92. The second-order valence-electron chi connectivity index (χ2n) is 6.13. The van der Waals surface area contributed by atoms with E-state index in [1.165, 1.54) is 0 Å². The molecule has 0 aromatic heterocycles. The first-order valence-corrected chi connectivity index (χ1v) is 8.30. The summed E-state index contributed by atoms with van der Waals surface area (Å²) in [6.45, 7) is 8.25. The van der Waals surface area contributed by atoms with Gasteiger partial charge >= 0.3 is 0 Å². The largest absolute Gasteiger partial charge is 0.481 e. The van der Waals surface area contributed by atoms with Crippen LogP contribution in [0.5, 0.6) is 5.75 Å². The van der Waals surface area contributed by atoms with Gasteiger partial charge in [0.1, 0.15) is 5.75 Å². The molecular formula is C17H25ClN2O2. The van der Waals surface area contributed by atoms with E-state index in [-0.39, 0.29) is 11.9 Å². The van der Waals surface area contributed by atoms with Crippen LogP contribution in [0.25, 0.3) is 0 Å². The molecule has 5 heteroatoms. The zero-order chi connectivity index (χ0) is 16.1. The monoisotopic (exact) mass is 324 g/mol. The lowest BCUT2D eigenvalue weighted by molar-refractivity contribution is -0.128. The molecule has 0 aliphatic carbocycles. The predicted octanol–water partition coefficient (Wildman–Crippen LogP) is 3.10. The predicted molar refractivity (Wildman–Crippen MR) is 89.4 cm³/mol. The van der Waals surface area contributed by atoms with Crippen LogP contribution < -0.4 is 10.1 Å². The molecule has 1 aromatic rings. The summed E-state index contributed by atoms with van der Waals surface area (Å²) in [7, 11) is 0. The number of hydrogen-bond donors (Lipinski definition) is 1. The van der Waals surface area contributed by atoms with Crippen molar-refractivity contribution in [1.29, 1.82) is 0 Å². The van der Waals surface area contributed by atoms with E-state index in [1.54, 1.807) is 25.1 Å². The van der Waals surface area contributed by atoms with Gasteiger partial charge in [-0.1, -0.05) is 17.7 Å². The molecule has 1 unspecified atom stereocenters. The van der Waals surface area contributed by atoms with Gasteiger partial charge in [0.05, 0.1) is 0 Å². The third-order valence-corrected chi connectivity index (χ3v) is 4.32. The number of halogens is 1. The van der Waals surface area contributed by atoms with Gasteiger partial charge in [-0.15, -0.1) is 0 Å². The summed E-state index contributed by atoms with van der Waals surface area (Å²) in [6.07, 6.45) is 1.46. The number of amides is 1. The van der Waals surface area contributed by atoms with E-state index in [9.17, 15) is 4.79 Å². The standard InChI is InChI=1S/C17H25ClN2O2/c1-12(2)20-9-7-15(8-10-20)19-17(21)13(3)22-16-6-4-5-14(18)11-16/h4-6,11-13,15H,7-10H2,1-3H3,(H,19,21). The first-order valence-electron chi connectivity index (χ1n) is 7.92. The SMILES string of the molecule is CC(Oc1cccc(Cl)c1)C(=O)NC1CCN(C(C)C)CC1. The number of benzene rings is 1. The van der Waals surface area contributed by atoms with Gasteiger partial charge in [0.25, 0.3) is 5.91 Å². The van der Waals surface area contributed by atoms with Crippen LogP contribution in [0.4, 0.5) is 0 Å². The van der Waals surface area contributed by atoms with Gasteiger partial charge < -0.3 is 15.0 Å². The van der Waals surface area contributed by atoms with Crippen molar-refractivity contribution in [1.82, 2.24) is 10.2 Å². The van der Waals surface area contributed by atoms with Crippen LogP contribution in [0.15, 0.2) is 24.3 Å². The molecule has 1 aliphatic heterocycles. The number of carbonyl (C=O) groups excluding carboxylic acids is 1. The zero-order valence-corrected chi connectivity index (χ0v) is 14.3. The second-order valence-corrected chi connectivity index (χ2v) is 6.57. The number of nitrogens with zero attached hydrogens (tertiary/aromatic N) is 1. The Morgan fingerprint density at radius 3 is 2.59 bits per heavy atom. The Kier molecular flexibility index (Phi) is 6.09. The molecule has 0 saturated carbocycles. The van der Waals surface area contributed by atoms with Crippen molar-refractivity contribution in [2.75, 3.05) is 13.1 Å². The van der Waals surface area contributed by atoms with Crippen molar-refractivity contribution in [3.05, 3.63) is 29.3 Å². The van der Waals surface area contributed by atoms with E-state index in [0.29, 0.717) is 16.8 Å². The van der Waals surface area contributed by atoms with Crippen LogP contribution in [0, 0.1) is 0 Å². The van der Waals surface area contributed by atoms with Gasteiger partial charge in [0.15, 0.2) is 6.10 Å². The Bertz CT molecular complexity index is 499. The highest BCUT2D eigenvalue weighted by atomic mass is 35.5. The highest BCUT2D eigenvalue weighted by molar-refractivity contribution is 6.30. The number of piperidine rings is 1. The third-order valence-electron chi connectivity index (χ3n) is 4.08. The lowest BCUT2D eigenvalue weighted by Gasteiger charge is -2.35. The van der Waals surface area contributed by atoms with Crippen molar-refractivity contribution >= 4 is 17.5 Å². The number of nitrogens with one attached hydrogen (secondary N) is 1. The Morgan fingerprint density at radius 2 is 2.00 bits per heavy atom. The summed E-state index contributed by atoms with van der Waals surface area (Å²) < 4.78 is 5.65. The molecule has 1 atom stereocenters. The topological polar surface area (TPSA) is 41.6 Å². The molecule has 0 radical (unpaired) electrons. The lowest BCUT2D eigenvalue weighted by atomic mass is 10.0. The molecule has 1 amide bonds. The van der Waals surface area contributed by atoms with Crippen molar-refractivity contribution < 1.29 is 9.53 Å². The summed E-state index contributed by atoms with van der Waals surface area (Å²) in [5.41, 5.74) is 0. The molecule has 0 spiro atoms. The van der Waals surface area contributed by atoms with Crippen LogP contribution in [-0.4, -0.2) is 42.1 Å². The molecule has 1 heterocycles. The van der Waals surface area contributed by atoms with Crippen LogP contribution in [0.1, 0.15) is 33.6 Å². The summed E-state index contributed by atoms with van der Waals surface area (Å²) in [5.74, 6) is 0.549. The number of ether oxygens (including phenoxy) is 1. The molecule has 0 bridgehead atoms. The number of rotatable bonds is 5. The Balaban J connectivity index is 1.80. The second kappa shape index (κ2) is 7.84. The fourth-order valence-electron chi connectivity index (χ4n) is 2.68. The molecule has 4 nitrogen and oxygen atoms in total. The smallest absolute Gasteiger partial charge is 0.260 e. The van der Waals surface area contributed by atoms with Crippen molar-refractivity contribution in [3.8, 4) is 5.75 Å². The first-order chi connectivity index (χ1) is 10.5. The van der Waals surface area contributed by atoms with Gasteiger partial charge in [-0.05, 0) is 51.8 Å². The molecule has 2 rings (SSSR count). The summed E-state index contributed by atoms with van der Waals surface area (Å²) in [4.78, 5) is 14.7. The Labute approximate surface area is 137 Å². The normalized spacial score (nSPS) is 18.2. The molecule has 1 N–H and O–H groups in total. The minimum Gasteiger partial charge on any atom is -0.481 e. The van der Waals surface area contributed by atoms with E-state index >= 15 is 0 Å². The van der Waals surface area contributed by atoms with Crippen molar-refractivity contribution in [2.45, 2.75) is 51.8 Å². The Hall–Kier alpha value is -1.26. The molecule has 122 valence electrons. The maximum atomic E-state index is 12.2. The number of carbonyl (C=O) groups is 1. The molecule has 1 aromatic carbocycles. The third kappa shape index (κ3) is 4.89. The fourth-order valence-corrected chi connectivity index (χ4v) is 2.86. The molecule has 22 heavy (non-hydrogen) atoms. The maximum absolute atomic E-state index is 12.2. The molecule has 1 aliphatic rings. The van der Waals surface area contributed by atoms with E-state index in [1.807, 2.05) is 6.07 Å². The van der Waals surface area contributed by atoms with E-state index in [0.717, 1.165) is 25.9 Å². The maximum Gasteiger partial charge on any atom is 0.260 e. The van der Waals surface area contributed by atoms with Crippen LogP contribution >= 0.6 is 11.6 Å².